The molecule has 4 nitrogen and oxygen atoms in total. The van der Waals surface area contributed by atoms with Crippen LogP contribution < -0.4 is 10.6 Å². The topological polar surface area (TPSA) is 41.4 Å². The maximum atomic E-state index is 5.34. The van der Waals surface area contributed by atoms with Gasteiger partial charge in [-0.1, -0.05) is 214 Å². The van der Waals surface area contributed by atoms with Gasteiger partial charge in [-0.15, -0.1) is 0 Å². The molecule has 13 rings (SSSR count). The van der Waals surface area contributed by atoms with Crippen molar-refractivity contribution >= 4 is 33.2 Å². The van der Waals surface area contributed by atoms with Gasteiger partial charge in [-0.05, 0) is 115 Å². The summed E-state index contributed by atoms with van der Waals surface area (Å²) in [5.41, 5.74) is 21.1. The number of nitrogens with one attached hydrogen (secondary N) is 2. The number of rotatable bonds is 8. The Morgan fingerprint density at radius 2 is 1.07 bits per heavy atom. The largest absolute Gasteiger partial charge is 0.350 e. The Bertz CT molecular complexity index is 3690. The third-order valence-corrected chi connectivity index (χ3v) is 15.1. The number of benzene rings is 9. The Hall–Kier alpha value is -8.31. The zero-order chi connectivity index (χ0) is 46.8. The molecule has 1 aromatic heterocycles. The van der Waals surface area contributed by atoms with Gasteiger partial charge in [-0.2, -0.15) is 0 Å². The van der Waals surface area contributed by atoms with Crippen LogP contribution in [0.1, 0.15) is 77.5 Å². The molecule has 0 fully saturated rings. The minimum atomic E-state index is -0.275. The molecule has 1 aliphatic heterocycles. The van der Waals surface area contributed by atoms with Gasteiger partial charge in [0.1, 0.15) is 18.2 Å². The van der Waals surface area contributed by atoms with Gasteiger partial charge in [0, 0.05) is 33.4 Å². The molecule has 0 bridgehead atoms. The first-order valence-corrected chi connectivity index (χ1v) is 24.6. The lowest BCUT2D eigenvalue weighted by atomic mass is 9.81. The SMILES string of the molecule is CC1(C)c2ccccc2-c2ccc(C3=CCC(c4ccc5c(c4)c4ccccc4n5-c4ccc(C5N=C(c6ccc(-c7ccccc7)cc6)NC(c6ccc(-c7ccccc7)cc6)N5)cc4)C=C3)cc21. The van der Waals surface area contributed by atoms with Crippen molar-refractivity contribution in [3.8, 4) is 39.1 Å². The number of hydrogen-bond donors (Lipinski definition) is 2. The van der Waals surface area contributed by atoms with Crippen molar-refractivity contribution in [1.29, 1.82) is 0 Å². The van der Waals surface area contributed by atoms with Gasteiger partial charge in [0.2, 0.25) is 0 Å². The summed E-state index contributed by atoms with van der Waals surface area (Å²) in [6, 6.07) is 79.5. The molecular weight excluding hydrogens is 849 g/mol. The van der Waals surface area contributed by atoms with E-state index in [-0.39, 0.29) is 17.7 Å². The highest BCUT2D eigenvalue weighted by atomic mass is 15.3. The predicted molar refractivity (Wildman–Crippen MR) is 291 cm³/mol. The smallest absolute Gasteiger partial charge is 0.131 e. The summed E-state index contributed by atoms with van der Waals surface area (Å²) >= 11 is 0. The molecule has 10 aromatic rings. The van der Waals surface area contributed by atoms with E-state index in [9.17, 15) is 0 Å². The fourth-order valence-corrected chi connectivity index (χ4v) is 11.3. The van der Waals surface area contributed by atoms with E-state index in [2.05, 4.69) is 266 Å². The second-order valence-corrected chi connectivity index (χ2v) is 19.6. The molecular formula is C66H52N4. The van der Waals surface area contributed by atoms with Crippen LogP contribution >= 0.6 is 0 Å². The van der Waals surface area contributed by atoms with Crippen molar-refractivity contribution in [2.75, 3.05) is 0 Å². The Labute approximate surface area is 410 Å². The first-order chi connectivity index (χ1) is 34.4. The molecule has 2 heterocycles. The number of allylic oxidation sites excluding steroid dienone is 4. The molecule has 0 amide bonds. The first-order valence-electron chi connectivity index (χ1n) is 24.6. The van der Waals surface area contributed by atoms with Crippen LogP contribution in [0.5, 0.6) is 0 Å². The van der Waals surface area contributed by atoms with Crippen molar-refractivity contribution in [1.82, 2.24) is 15.2 Å². The lowest BCUT2D eigenvalue weighted by Gasteiger charge is -2.32. The van der Waals surface area contributed by atoms with Gasteiger partial charge in [0.15, 0.2) is 0 Å². The fourth-order valence-electron chi connectivity index (χ4n) is 11.3. The minimum Gasteiger partial charge on any atom is -0.350 e. The highest BCUT2D eigenvalue weighted by molar-refractivity contribution is 6.09. The van der Waals surface area contributed by atoms with Gasteiger partial charge in [-0.3, -0.25) is 5.32 Å². The maximum Gasteiger partial charge on any atom is 0.131 e. The second kappa shape index (κ2) is 17.0. The van der Waals surface area contributed by atoms with E-state index in [1.54, 1.807) is 0 Å². The van der Waals surface area contributed by atoms with Crippen LogP contribution in [0, 0.1) is 0 Å². The van der Waals surface area contributed by atoms with Crippen molar-refractivity contribution in [3.05, 3.63) is 276 Å². The molecule has 0 spiro atoms. The molecule has 70 heavy (non-hydrogen) atoms. The molecule has 336 valence electrons. The Morgan fingerprint density at radius 1 is 0.486 bits per heavy atom. The molecule has 9 aromatic carbocycles. The van der Waals surface area contributed by atoms with Crippen molar-refractivity contribution in [2.45, 2.75) is 43.9 Å². The van der Waals surface area contributed by atoms with Crippen LogP contribution in [0.25, 0.3) is 66.4 Å². The van der Waals surface area contributed by atoms with Crippen LogP contribution in [0.15, 0.2) is 242 Å². The Kier molecular flexibility index (Phi) is 10.2. The average Bonchev–Trinajstić information content (AvgIpc) is 3.88. The number of hydrogen-bond acceptors (Lipinski definition) is 3. The highest BCUT2D eigenvalue weighted by Crippen LogP contribution is 2.49. The molecule has 4 heteroatoms. The summed E-state index contributed by atoms with van der Waals surface area (Å²) in [4.78, 5) is 5.34. The summed E-state index contributed by atoms with van der Waals surface area (Å²) in [5, 5.41) is 10.1. The number of aliphatic imine (C=N–C) groups is 1. The van der Waals surface area contributed by atoms with E-state index in [0.29, 0.717) is 5.92 Å². The molecule has 3 aliphatic rings. The van der Waals surface area contributed by atoms with Crippen molar-refractivity contribution in [2.24, 2.45) is 4.99 Å². The standard InChI is InChI=1S/C66H52N4/c1-66(2)59-19-11-9-17-55(59)56-39-35-53(42-60(56)66)48-23-21-47(22-24-48)52-36-40-62-58(41-52)57-18-10-12-20-61(57)70(62)54-37-33-51(34-38-54)65-68-63(49-29-25-45(26-30-49)43-13-5-3-6-14-43)67-64(69-65)50-31-27-46(28-32-50)44-15-7-4-8-16-44/h3-21,23-42,47,63,65,68H,22H2,1-2H3,(H,67,69). The Morgan fingerprint density at radius 3 is 1.80 bits per heavy atom. The highest BCUT2D eigenvalue weighted by Gasteiger charge is 2.35. The minimum absolute atomic E-state index is 0.0130. The lowest BCUT2D eigenvalue weighted by Crippen LogP contribution is -2.44. The van der Waals surface area contributed by atoms with Gasteiger partial charge in [0.25, 0.3) is 0 Å². The quantitative estimate of drug-likeness (QED) is 0.160. The molecule has 0 radical (unpaired) electrons. The number of nitrogens with zero attached hydrogens (tertiary/aromatic N) is 2. The normalized spacial score (nSPS) is 17.9. The fraction of sp³-hybridized carbons (Fsp3) is 0.106. The number of aromatic nitrogens is 1. The van der Waals surface area contributed by atoms with Gasteiger partial charge in [-0.25, -0.2) is 4.99 Å². The zero-order valence-electron chi connectivity index (χ0n) is 39.4. The van der Waals surface area contributed by atoms with Crippen LogP contribution in [-0.2, 0) is 5.41 Å². The van der Waals surface area contributed by atoms with Gasteiger partial charge >= 0.3 is 0 Å². The maximum absolute atomic E-state index is 5.34. The molecule has 3 atom stereocenters. The summed E-state index contributed by atoms with van der Waals surface area (Å²) in [6.07, 6.45) is 7.72. The lowest BCUT2D eigenvalue weighted by molar-refractivity contribution is 0.409. The van der Waals surface area contributed by atoms with Crippen LogP contribution in [0.3, 0.4) is 0 Å². The third-order valence-electron chi connectivity index (χ3n) is 15.1. The van der Waals surface area contributed by atoms with Gasteiger partial charge in [0.05, 0.1) is 11.0 Å². The number of fused-ring (bicyclic) bond motifs is 6. The zero-order valence-corrected chi connectivity index (χ0v) is 39.4. The molecule has 0 saturated heterocycles. The molecule has 2 aliphatic carbocycles. The van der Waals surface area contributed by atoms with Crippen molar-refractivity contribution in [3.63, 3.8) is 0 Å². The summed E-state index contributed by atoms with van der Waals surface area (Å²) in [7, 11) is 0. The molecule has 2 N–H and O–H groups in total. The van der Waals surface area contributed by atoms with Crippen LogP contribution in [-0.4, -0.2) is 10.4 Å². The number of amidine groups is 1. The predicted octanol–water partition coefficient (Wildman–Crippen LogP) is 15.9. The van der Waals surface area contributed by atoms with E-state index >= 15 is 0 Å². The Balaban J connectivity index is 0.790. The first kappa shape index (κ1) is 41.8. The molecule has 3 unspecified atom stereocenters. The number of para-hydroxylation sites is 1. The summed E-state index contributed by atoms with van der Waals surface area (Å²) in [5.74, 6) is 1.17. The van der Waals surface area contributed by atoms with E-state index < -0.39 is 0 Å². The second-order valence-electron chi connectivity index (χ2n) is 19.6. The van der Waals surface area contributed by atoms with E-state index in [1.165, 1.54) is 83.0 Å². The monoisotopic (exact) mass is 900 g/mol. The summed E-state index contributed by atoms with van der Waals surface area (Å²) < 4.78 is 2.41. The van der Waals surface area contributed by atoms with E-state index in [1.807, 2.05) is 0 Å². The van der Waals surface area contributed by atoms with Gasteiger partial charge < -0.3 is 9.88 Å². The molecule has 0 saturated carbocycles. The van der Waals surface area contributed by atoms with Crippen LogP contribution in [0.4, 0.5) is 0 Å². The average molecular weight is 901 g/mol. The van der Waals surface area contributed by atoms with Crippen LogP contribution in [0.2, 0.25) is 0 Å². The third kappa shape index (κ3) is 7.31. The van der Waals surface area contributed by atoms with E-state index in [0.717, 1.165) is 34.6 Å². The van der Waals surface area contributed by atoms with E-state index in [4.69, 9.17) is 4.99 Å². The summed E-state index contributed by atoms with van der Waals surface area (Å²) in [6.45, 7) is 4.72. The van der Waals surface area contributed by atoms with Crippen molar-refractivity contribution < 1.29 is 0 Å².